The Morgan fingerprint density at radius 2 is 2.04 bits per heavy atom. The van der Waals surface area contributed by atoms with Crippen molar-refractivity contribution < 1.29 is 12.9 Å². The van der Waals surface area contributed by atoms with Crippen molar-refractivity contribution in [1.29, 1.82) is 0 Å². The first-order chi connectivity index (χ1) is 13.2. The Labute approximate surface area is 171 Å². The van der Waals surface area contributed by atoms with Gasteiger partial charge in [0, 0.05) is 30.7 Å². The fourth-order valence-electron chi connectivity index (χ4n) is 3.57. The standard InChI is InChI=1S/C18H22BrN5O3S/c1-10(2)15-14-16-11(8-13(19)17(14)27-23-15)9-20-18(22-16)21-12-4-6-24(7-5-12)28(3,25)26/h8-10,12H,4-7H2,1-3H3,(H,20,21,22). The molecule has 3 heterocycles. The van der Waals surface area contributed by atoms with E-state index in [9.17, 15) is 8.42 Å². The van der Waals surface area contributed by atoms with Gasteiger partial charge >= 0.3 is 0 Å². The van der Waals surface area contributed by atoms with Gasteiger partial charge in [0.15, 0.2) is 5.58 Å². The average molecular weight is 468 g/mol. The molecule has 0 unspecified atom stereocenters. The van der Waals surface area contributed by atoms with Gasteiger partial charge in [0.1, 0.15) is 0 Å². The molecule has 10 heteroatoms. The van der Waals surface area contributed by atoms with Crippen LogP contribution in [-0.2, 0) is 10.0 Å². The topological polar surface area (TPSA) is 101 Å². The van der Waals surface area contributed by atoms with E-state index in [0.717, 1.165) is 26.5 Å². The summed E-state index contributed by atoms with van der Waals surface area (Å²) in [5, 5.41) is 9.40. The monoisotopic (exact) mass is 467 g/mol. The van der Waals surface area contributed by atoms with E-state index < -0.39 is 10.0 Å². The number of hydrogen-bond donors (Lipinski definition) is 1. The number of hydrogen-bond acceptors (Lipinski definition) is 7. The van der Waals surface area contributed by atoms with Gasteiger partial charge in [0.05, 0.1) is 27.3 Å². The quantitative estimate of drug-likeness (QED) is 0.626. The predicted octanol–water partition coefficient (Wildman–Crippen LogP) is 3.49. The van der Waals surface area contributed by atoms with Gasteiger partial charge < -0.3 is 9.84 Å². The van der Waals surface area contributed by atoms with Gasteiger partial charge in [0.2, 0.25) is 16.0 Å². The largest absolute Gasteiger partial charge is 0.355 e. The van der Waals surface area contributed by atoms with Crippen molar-refractivity contribution in [2.75, 3.05) is 24.7 Å². The maximum absolute atomic E-state index is 11.7. The van der Waals surface area contributed by atoms with Crippen LogP contribution in [0.1, 0.15) is 38.3 Å². The third-order valence-corrected chi connectivity index (χ3v) is 6.97. The second-order valence-corrected chi connectivity index (χ2v) is 10.3. The average Bonchev–Trinajstić information content (AvgIpc) is 3.08. The first-order valence-electron chi connectivity index (χ1n) is 9.20. The van der Waals surface area contributed by atoms with Crippen molar-refractivity contribution >= 4 is 53.8 Å². The van der Waals surface area contributed by atoms with Crippen molar-refractivity contribution in [2.45, 2.75) is 38.6 Å². The summed E-state index contributed by atoms with van der Waals surface area (Å²) in [6.45, 7) is 5.15. The van der Waals surface area contributed by atoms with Gasteiger partial charge in [-0.05, 0) is 40.8 Å². The Bertz CT molecular complexity index is 1140. The molecule has 4 rings (SSSR count). The molecule has 0 atom stereocenters. The minimum absolute atomic E-state index is 0.133. The van der Waals surface area contributed by atoms with E-state index in [-0.39, 0.29) is 12.0 Å². The maximum Gasteiger partial charge on any atom is 0.223 e. The number of sulfonamides is 1. The molecule has 8 nitrogen and oxygen atoms in total. The second-order valence-electron chi connectivity index (χ2n) is 7.50. The highest BCUT2D eigenvalue weighted by molar-refractivity contribution is 9.10. The lowest BCUT2D eigenvalue weighted by Crippen LogP contribution is -2.42. The highest BCUT2D eigenvalue weighted by Crippen LogP contribution is 2.36. The smallest absolute Gasteiger partial charge is 0.223 e. The van der Waals surface area contributed by atoms with Gasteiger partial charge in [-0.2, -0.15) is 0 Å². The van der Waals surface area contributed by atoms with Crippen LogP contribution in [-0.4, -0.2) is 53.2 Å². The Morgan fingerprint density at radius 1 is 1.32 bits per heavy atom. The fourth-order valence-corrected chi connectivity index (χ4v) is 4.96. The number of piperidine rings is 1. The van der Waals surface area contributed by atoms with Crippen LogP contribution >= 0.6 is 15.9 Å². The minimum atomic E-state index is -3.13. The number of aromatic nitrogens is 3. The molecule has 150 valence electrons. The molecule has 28 heavy (non-hydrogen) atoms. The molecule has 1 aliphatic heterocycles. The number of rotatable bonds is 4. The number of anilines is 1. The normalized spacial score (nSPS) is 17.0. The zero-order chi connectivity index (χ0) is 20.1. The summed E-state index contributed by atoms with van der Waals surface area (Å²) >= 11 is 3.54. The van der Waals surface area contributed by atoms with Crippen molar-refractivity contribution in [3.8, 4) is 0 Å². The van der Waals surface area contributed by atoms with Crippen LogP contribution in [0.3, 0.4) is 0 Å². The van der Waals surface area contributed by atoms with Gasteiger partial charge in [-0.15, -0.1) is 0 Å². The summed E-state index contributed by atoms with van der Waals surface area (Å²) in [7, 11) is -3.13. The summed E-state index contributed by atoms with van der Waals surface area (Å²) in [6, 6.07) is 2.06. The van der Waals surface area contributed by atoms with Crippen LogP contribution in [0.2, 0.25) is 0 Å². The Kier molecular flexibility index (Phi) is 5.05. The van der Waals surface area contributed by atoms with E-state index in [4.69, 9.17) is 9.51 Å². The number of nitrogens with zero attached hydrogens (tertiary/aromatic N) is 4. The highest BCUT2D eigenvalue weighted by Gasteiger charge is 2.25. The van der Waals surface area contributed by atoms with Crippen LogP contribution in [0.5, 0.6) is 0 Å². The Hall–Kier alpha value is -1.78. The van der Waals surface area contributed by atoms with Gasteiger partial charge in [-0.3, -0.25) is 0 Å². The second kappa shape index (κ2) is 7.23. The number of benzene rings is 1. The third-order valence-electron chi connectivity index (χ3n) is 5.07. The predicted molar refractivity (Wildman–Crippen MR) is 112 cm³/mol. The van der Waals surface area contributed by atoms with Gasteiger partial charge in [-0.1, -0.05) is 19.0 Å². The molecule has 0 aliphatic carbocycles. The summed E-state index contributed by atoms with van der Waals surface area (Å²) in [4.78, 5) is 9.20. The molecule has 1 N–H and O–H groups in total. The summed E-state index contributed by atoms with van der Waals surface area (Å²) < 4.78 is 31.2. The lowest BCUT2D eigenvalue weighted by atomic mass is 10.0. The van der Waals surface area contributed by atoms with Crippen LogP contribution in [0, 0.1) is 0 Å². The molecule has 1 fully saturated rings. The van der Waals surface area contributed by atoms with Crippen LogP contribution in [0.15, 0.2) is 21.3 Å². The van der Waals surface area contributed by atoms with Gasteiger partial charge in [0.25, 0.3) is 0 Å². The first kappa shape index (κ1) is 19.5. The molecule has 0 saturated carbocycles. The number of nitrogens with one attached hydrogen (secondary N) is 1. The van der Waals surface area contributed by atoms with E-state index in [1.807, 2.05) is 6.07 Å². The molecule has 1 aliphatic rings. The maximum atomic E-state index is 11.7. The third kappa shape index (κ3) is 3.60. The van der Waals surface area contributed by atoms with Crippen LogP contribution in [0.4, 0.5) is 5.95 Å². The molecule has 0 amide bonds. The summed E-state index contributed by atoms with van der Waals surface area (Å²) in [5.74, 6) is 0.732. The minimum Gasteiger partial charge on any atom is -0.355 e. The molecule has 0 bridgehead atoms. The molecule has 0 spiro atoms. The van der Waals surface area contributed by atoms with Crippen molar-refractivity contribution in [2.24, 2.45) is 0 Å². The van der Waals surface area contributed by atoms with E-state index in [2.05, 4.69) is 45.2 Å². The van der Waals surface area contributed by atoms with E-state index in [1.165, 1.54) is 10.6 Å². The Morgan fingerprint density at radius 3 is 2.68 bits per heavy atom. The van der Waals surface area contributed by atoms with E-state index in [0.29, 0.717) is 37.5 Å². The number of fused-ring (bicyclic) bond motifs is 3. The molecular weight excluding hydrogens is 446 g/mol. The van der Waals surface area contributed by atoms with Crippen molar-refractivity contribution in [1.82, 2.24) is 19.4 Å². The molecule has 2 aromatic heterocycles. The zero-order valence-electron chi connectivity index (χ0n) is 15.9. The summed E-state index contributed by atoms with van der Waals surface area (Å²) in [5.41, 5.74) is 2.35. The molecule has 0 radical (unpaired) electrons. The van der Waals surface area contributed by atoms with Crippen LogP contribution in [0.25, 0.3) is 21.9 Å². The number of halogens is 1. The zero-order valence-corrected chi connectivity index (χ0v) is 18.3. The fraction of sp³-hybridized carbons (Fsp3) is 0.500. The molecule has 1 aromatic carbocycles. The van der Waals surface area contributed by atoms with Crippen LogP contribution < -0.4 is 5.32 Å². The van der Waals surface area contributed by atoms with E-state index in [1.54, 1.807) is 6.20 Å². The Balaban J connectivity index is 1.65. The molecule has 3 aromatic rings. The lowest BCUT2D eigenvalue weighted by Gasteiger charge is -2.30. The van der Waals surface area contributed by atoms with Crippen molar-refractivity contribution in [3.63, 3.8) is 0 Å². The van der Waals surface area contributed by atoms with E-state index >= 15 is 0 Å². The molecule has 1 saturated heterocycles. The SMILES string of the molecule is CC(C)c1noc2c(Br)cc3cnc(NC4CCN(S(C)(=O)=O)CC4)nc3c12. The highest BCUT2D eigenvalue weighted by atomic mass is 79.9. The first-order valence-corrected chi connectivity index (χ1v) is 11.8. The molecular formula is C18H22BrN5O3S. The summed E-state index contributed by atoms with van der Waals surface area (Å²) in [6.07, 6.45) is 4.48. The van der Waals surface area contributed by atoms with Gasteiger partial charge in [-0.25, -0.2) is 22.7 Å². The van der Waals surface area contributed by atoms with Crippen molar-refractivity contribution in [3.05, 3.63) is 22.4 Å². The lowest BCUT2D eigenvalue weighted by molar-refractivity contribution is 0.331.